The fourth-order valence-corrected chi connectivity index (χ4v) is 3.60. The predicted octanol–water partition coefficient (Wildman–Crippen LogP) is 3.76. The molecule has 22 heavy (non-hydrogen) atoms. The summed E-state index contributed by atoms with van der Waals surface area (Å²) in [6.45, 7) is 2.26. The monoisotopic (exact) mass is 325 g/mol. The standard InChI is InChI=1S/C17H24FNO2S/c1-12-3-6-15(7-4-12)19-17(20)11-22-10-13-9-14(18)5-8-16(13)21-2/h5,8-9,12,15H,3-4,6-7,10-11H2,1-2H3,(H,19,20). The van der Waals surface area contributed by atoms with Crippen molar-refractivity contribution in [2.75, 3.05) is 12.9 Å². The van der Waals surface area contributed by atoms with E-state index in [0.29, 0.717) is 23.3 Å². The van der Waals surface area contributed by atoms with Gasteiger partial charge >= 0.3 is 0 Å². The van der Waals surface area contributed by atoms with Crippen LogP contribution in [0.4, 0.5) is 4.39 Å². The van der Waals surface area contributed by atoms with Crippen molar-refractivity contribution in [2.24, 2.45) is 5.92 Å². The van der Waals surface area contributed by atoms with Gasteiger partial charge in [0.25, 0.3) is 0 Å². The average Bonchev–Trinajstić information content (AvgIpc) is 2.50. The average molecular weight is 325 g/mol. The molecule has 1 N–H and O–H groups in total. The summed E-state index contributed by atoms with van der Waals surface area (Å²) in [5, 5.41) is 3.10. The Balaban J connectivity index is 1.74. The van der Waals surface area contributed by atoms with Gasteiger partial charge in [-0.25, -0.2) is 4.39 Å². The van der Waals surface area contributed by atoms with E-state index >= 15 is 0 Å². The molecule has 1 saturated carbocycles. The highest BCUT2D eigenvalue weighted by molar-refractivity contribution is 7.99. The fourth-order valence-electron chi connectivity index (χ4n) is 2.79. The highest BCUT2D eigenvalue weighted by Gasteiger charge is 2.19. The van der Waals surface area contributed by atoms with E-state index in [-0.39, 0.29) is 11.7 Å². The van der Waals surface area contributed by atoms with Gasteiger partial charge in [0.1, 0.15) is 11.6 Å². The van der Waals surface area contributed by atoms with E-state index in [1.54, 1.807) is 13.2 Å². The third-order valence-electron chi connectivity index (χ3n) is 4.11. The van der Waals surface area contributed by atoms with E-state index in [0.717, 1.165) is 24.3 Å². The number of hydrogen-bond acceptors (Lipinski definition) is 3. The van der Waals surface area contributed by atoms with Crippen molar-refractivity contribution in [1.29, 1.82) is 0 Å². The molecule has 3 nitrogen and oxygen atoms in total. The van der Waals surface area contributed by atoms with Gasteiger partial charge < -0.3 is 10.1 Å². The van der Waals surface area contributed by atoms with Crippen LogP contribution in [-0.4, -0.2) is 24.8 Å². The maximum atomic E-state index is 13.3. The van der Waals surface area contributed by atoms with Crippen LogP contribution in [0.25, 0.3) is 0 Å². The molecule has 1 aliphatic rings. The third kappa shape index (κ3) is 5.20. The smallest absolute Gasteiger partial charge is 0.230 e. The summed E-state index contributed by atoms with van der Waals surface area (Å²) in [6.07, 6.45) is 4.54. The number of carbonyl (C=O) groups is 1. The summed E-state index contributed by atoms with van der Waals surface area (Å²) in [6, 6.07) is 4.79. The Morgan fingerprint density at radius 3 is 2.77 bits per heavy atom. The molecule has 5 heteroatoms. The Morgan fingerprint density at radius 1 is 1.36 bits per heavy atom. The quantitative estimate of drug-likeness (QED) is 0.865. The second-order valence-corrected chi connectivity index (χ2v) is 6.96. The zero-order valence-corrected chi connectivity index (χ0v) is 14.0. The van der Waals surface area contributed by atoms with Gasteiger partial charge in [0.15, 0.2) is 0 Å². The summed E-state index contributed by atoms with van der Waals surface area (Å²) in [5.74, 6) is 2.19. The van der Waals surface area contributed by atoms with Gasteiger partial charge in [-0.1, -0.05) is 6.92 Å². The van der Waals surface area contributed by atoms with Crippen molar-refractivity contribution in [1.82, 2.24) is 5.32 Å². The van der Waals surface area contributed by atoms with E-state index < -0.39 is 0 Å². The largest absolute Gasteiger partial charge is 0.496 e. The number of nitrogens with one attached hydrogen (secondary N) is 1. The lowest BCUT2D eigenvalue weighted by Crippen LogP contribution is -2.38. The van der Waals surface area contributed by atoms with Gasteiger partial charge in [0.05, 0.1) is 12.9 Å². The van der Waals surface area contributed by atoms with Gasteiger partial charge in [-0.05, 0) is 49.8 Å². The summed E-state index contributed by atoms with van der Waals surface area (Å²) in [4.78, 5) is 12.0. The second kappa shape index (κ2) is 8.42. The van der Waals surface area contributed by atoms with E-state index in [1.165, 1.54) is 36.7 Å². The molecule has 1 aromatic rings. The van der Waals surface area contributed by atoms with Gasteiger partial charge in [-0.3, -0.25) is 4.79 Å². The van der Waals surface area contributed by atoms with Gasteiger partial charge in [-0.15, -0.1) is 11.8 Å². The molecule has 1 fully saturated rings. The van der Waals surface area contributed by atoms with E-state index in [4.69, 9.17) is 4.74 Å². The van der Waals surface area contributed by atoms with Crippen LogP contribution in [0.3, 0.4) is 0 Å². The topological polar surface area (TPSA) is 38.3 Å². The number of thioether (sulfide) groups is 1. The molecule has 1 aromatic carbocycles. The summed E-state index contributed by atoms with van der Waals surface area (Å²) in [5.41, 5.74) is 0.784. The number of hydrogen-bond donors (Lipinski definition) is 1. The van der Waals surface area contributed by atoms with Crippen molar-refractivity contribution >= 4 is 17.7 Å². The Morgan fingerprint density at radius 2 is 2.09 bits per heavy atom. The molecule has 2 rings (SSSR count). The number of carbonyl (C=O) groups excluding carboxylic acids is 1. The Bertz CT molecular complexity index is 501. The molecule has 122 valence electrons. The molecule has 0 bridgehead atoms. The molecule has 1 amide bonds. The minimum atomic E-state index is -0.280. The summed E-state index contributed by atoms with van der Waals surface area (Å²) < 4.78 is 18.5. The lowest BCUT2D eigenvalue weighted by Gasteiger charge is -2.26. The van der Waals surface area contributed by atoms with Crippen molar-refractivity contribution in [3.63, 3.8) is 0 Å². The first-order valence-corrected chi connectivity index (χ1v) is 8.93. The van der Waals surface area contributed by atoms with E-state index in [9.17, 15) is 9.18 Å². The Kier molecular flexibility index (Phi) is 6.55. The summed E-state index contributed by atoms with van der Waals surface area (Å²) in [7, 11) is 1.57. The van der Waals surface area contributed by atoms with Crippen LogP contribution in [-0.2, 0) is 10.5 Å². The van der Waals surface area contributed by atoms with Crippen LogP contribution in [0, 0.1) is 11.7 Å². The SMILES string of the molecule is COc1ccc(F)cc1CSCC(=O)NC1CCC(C)CC1. The molecule has 0 atom stereocenters. The molecular weight excluding hydrogens is 301 g/mol. The molecule has 0 aromatic heterocycles. The number of halogens is 1. The number of methoxy groups -OCH3 is 1. The second-order valence-electron chi connectivity index (χ2n) is 5.97. The lowest BCUT2D eigenvalue weighted by atomic mass is 9.87. The lowest BCUT2D eigenvalue weighted by molar-refractivity contribution is -0.119. The zero-order valence-electron chi connectivity index (χ0n) is 13.2. The molecule has 0 unspecified atom stereocenters. The summed E-state index contributed by atoms with van der Waals surface area (Å²) >= 11 is 1.48. The van der Waals surface area contributed by atoms with Gasteiger partial charge in [0, 0.05) is 17.4 Å². The van der Waals surface area contributed by atoms with E-state index in [2.05, 4.69) is 12.2 Å². The van der Waals surface area contributed by atoms with Crippen LogP contribution < -0.4 is 10.1 Å². The molecule has 1 aliphatic carbocycles. The van der Waals surface area contributed by atoms with E-state index in [1.807, 2.05) is 0 Å². The predicted molar refractivity (Wildman–Crippen MR) is 88.7 cm³/mol. The normalized spacial score (nSPS) is 21.4. The minimum Gasteiger partial charge on any atom is -0.496 e. The molecule has 0 aliphatic heterocycles. The first-order valence-electron chi connectivity index (χ1n) is 7.78. The fraction of sp³-hybridized carbons (Fsp3) is 0.588. The number of amides is 1. The Labute approximate surface area is 136 Å². The number of benzene rings is 1. The van der Waals surface area contributed by atoms with Crippen LogP contribution in [0.2, 0.25) is 0 Å². The van der Waals surface area contributed by atoms with Crippen LogP contribution >= 0.6 is 11.8 Å². The van der Waals surface area contributed by atoms with Crippen LogP contribution in [0.5, 0.6) is 5.75 Å². The first-order chi connectivity index (χ1) is 10.6. The molecule has 0 heterocycles. The molecule has 0 radical (unpaired) electrons. The third-order valence-corrected chi connectivity index (χ3v) is 5.10. The van der Waals surface area contributed by atoms with Gasteiger partial charge in [0.2, 0.25) is 5.91 Å². The highest BCUT2D eigenvalue weighted by atomic mass is 32.2. The highest BCUT2D eigenvalue weighted by Crippen LogP contribution is 2.25. The van der Waals surface area contributed by atoms with Crippen molar-refractivity contribution < 1.29 is 13.9 Å². The maximum Gasteiger partial charge on any atom is 0.230 e. The van der Waals surface area contributed by atoms with Crippen molar-refractivity contribution in [3.05, 3.63) is 29.6 Å². The molecular formula is C17H24FNO2S. The molecule has 0 saturated heterocycles. The number of ether oxygens (including phenoxy) is 1. The first kappa shape index (κ1) is 17.1. The Hall–Kier alpha value is -1.23. The van der Waals surface area contributed by atoms with Crippen LogP contribution in [0.15, 0.2) is 18.2 Å². The maximum absolute atomic E-state index is 13.3. The zero-order chi connectivity index (χ0) is 15.9. The number of rotatable bonds is 6. The minimum absolute atomic E-state index is 0.0694. The van der Waals surface area contributed by atoms with Crippen molar-refractivity contribution in [2.45, 2.75) is 44.4 Å². The van der Waals surface area contributed by atoms with Gasteiger partial charge in [-0.2, -0.15) is 0 Å². The van der Waals surface area contributed by atoms with Crippen LogP contribution in [0.1, 0.15) is 38.2 Å². The van der Waals surface area contributed by atoms with Crippen molar-refractivity contribution in [3.8, 4) is 5.75 Å². The molecule has 0 spiro atoms.